The topological polar surface area (TPSA) is 68.0 Å². The molecule has 3 aromatic rings. The summed E-state index contributed by atoms with van der Waals surface area (Å²) in [6.07, 6.45) is 0.822. The number of carbonyl (C=O) groups excluding carboxylic acids is 1. The van der Waals surface area contributed by atoms with Crippen molar-refractivity contribution in [1.29, 1.82) is 0 Å². The highest BCUT2D eigenvalue weighted by Crippen LogP contribution is 2.34. The van der Waals surface area contributed by atoms with Gasteiger partial charge in [0.1, 0.15) is 17.3 Å². The standard InChI is InChI=1S/C27H32FN3O4/c1-19(2)11-12-31(26(32)20-7-6-8-21(17-20)33-3)18-23-25(22-9-4-5-10-24(22)28)29-35-27(23)30-13-15-34-16-14-30/h4-10,17,19H,11-16,18H2,1-3H3. The van der Waals surface area contributed by atoms with Crippen molar-refractivity contribution in [3.05, 3.63) is 65.5 Å². The molecule has 1 fully saturated rings. The molecule has 35 heavy (non-hydrogen) atoms. The Morgan fingerprint density at radius 1 is 1.17 bits per heavy atom. The fourth-order valence-corrected chi connectivity index (χ4v) is 4.12. The Bertz CT molecular complexity index is 1140. The van der Waals surface area contributed by atoms with Gasteiger partial charge in [-0.2, -0.15) is 0 Å². The molecule has 0 aliphatic carbocycles. The SMILES string of the molecule is COc1cccc(C(=O)N(CCC(C)C)Cc2c(-c3ccccc3F)noc2N2CCOCC2)c1. The van der Waals surface area contributed by atoms with Gasteiger partial charge in [-0.05, 0) is 42.7 Å². The molecule has 8 heteroatoms. The van der Waals surface area contributed by atoms with Crippen molar-refractivity contribution < 1.29 is 23.2 Å². The van der Waals surface area contributed by atoms with E-state index in [9.17, 15) is 9.18 Å². The number of methoxy groups -OCH3 is 1. The van der Waals surface area contributed by atoms with E-state index in [0.29, 0.717) is 72.8 Å². The molecular formula is C27H32FN3O4. The summed E-state index contributed by atoms with van der Waals surface area (Å²) in [4.78, 5) is 17.5. The zero-order valence-electron chi connectivity index (χ0n) is 20.5. The molecule has 0 saturated carbocycles. The van der Waals surface area contributed by atoms with Crippen LogP contribution in [-0.4, -0.2) is 55.9 Å². The van der Waals surface area contributed by atoms with Crippen molar-refractivity contribution in [2.45, 2.75) is 26.8 Å². The van der Waals surface area contributed by atoms with Crippen LogP contribution >= 0.6 is 0 Å². The van der Waals surface area contributed by atoms with Gasteiger partial charge in [-0.15, -0.1) is 0 Å². The van der Waals surface area contributed by atoms with Crippen LogP contribution in [0.1, 0.15) is 36.2 Å². The number of amides is 1. The normalized spacial score (nSPS) is 13.8. The molecule has 7 nitrogen and oxygen atoms in total. The van der Waals surface area contributed by atoms with Gasteiger partial charge in [0.2, 0.25) is 5.88 Å². The lowest BCUT2D eigenvalue weighted by molar-refractivity contribution is 0.0735. The maximum atomic E-state index is 14.8. The van der Waals surface area contributed by atoms with Gasteiger partial charge < -0.3 is 23.8 Å². The number of aromatic nitrogens is 1. The number of benzene rings is 2. The van der Waals surface area contributed by atoms with Crippen molar-refractivity contribution in [2.24, 2.45) is 5.92 Å². The van der Waals surface area contributed by atoms with E-state index in [2.05, 4.69) is 19.0 Å². The fourth-order valence-electron chi connectivity index (χ4n) is 4.12. The summed E-state index contributed by atoms with van der Waals surface area (Å²) in [5.74, 6) is 1.06. The molecule has 1 amide bonds. The Morgan fingerprint density at radius 2 is 1.94 bits per heavy atom. The number of rotatable bonds is 9. The second kappa shape index (κ2) is 11.4. The van der Waals surface area contributed by atoms with Crippen LogP contribution in [0.2, 0.25) is 0 Å². The number of hydrogen-bond donors (Lipinski definition) is 0. The Labute approximate surface area is 205 Å². The number of morpholine rings is 1. The van der Waals surface area contributed by atoms with E-state index >= 15 is 0 Å². The maximum absolute atomic E-state index is 14.8. The first kappa shape index (κ1) is 24.7. The van der Waals surface area contributed by atoms with Crippen LogP contribution in [0, 0.1) is 11.7 Å². The Morgan fingerprint density at radius 3 is 2.66 bits per heavy atom. The third-order valence-corrected chi connectivity index (χ3v) is 6.12. The van der Waals surface area contributed by atoms with E-state index in [1.54, 1.807) is 48.4 Å². The maximum Gasteiger partial charge on any atom is 0.254 e. The number of halogens is 1. The summed E-state index contributed by atoms with van der Waals surface area (Å²) in [7, 11) is 1.58. The Balaban J connectivity index is 1.74. The summed E-state index contributed by atoms with van der Waals surface area (Å²) in [6, 6.07) is 13.6. The van der Waals surface area contributed by atoms with Crippen LogP contribution in [0.25, 0.3) is 11.3 Å². The lowest BCUT2D eigenvalue weighted by atomic mass is 10.0. The average molecular weight is 482 g/mol. The molecule has 4 rings (SSSR count). The first-order valence-corrected chi connectivity index (χ1v) is 12.0. The van der Waals surface area contributed by atoms with Crippen LogP contribution in [-0.2, 0) is 11.3 Å². The van der Waals surface area contributed by atoms with Crippen molar-refractivity contribution in [3.63, 3.8) is 0 Å². The number of ether oxygens (including phenoxy) is 2. The van der Waals surface area contributed by atoms with Crippen LogP contribution in [0.15, 0.2) is 53.1 Å². The van der Waals surface area contributed by atoms with E-state index < -0.39 is 0 Å². The van der Waals surface area contributed by atoms with Gasteiger partial charge in [-0.25, -0.2) is 4.39 Å². The van der Waals surface area contributed by atoms with Crippen molar-refractivity contribution in [1.82, 2.24) is 10.1 Å². The smallest absolute Gasteiger partial charge is 0.254 e. The molecule has 1 aliphatic rings. The molecule has 2 aromatic carbocycles. The second-order valence-electron chi connectivity index (χ2n) is 9.04. The minimum atomic E-state index is -0.386. The minimum Gasteiger partial charge on any atom is -0.497 e. The molecule has 0 bridgehead atoms. The van der Waals surface area contributed by atoms with E-state index in [1.807, 2.05) is 11.0 Å². The van der Waals surface area contributed by atoms with Gasteiger partial charge in [0.05, 0.1) is 32.4 Å². The number of carbonyl (C=O) groups is 1. The molecule has 186 valence electrons. The lowest BCUT2D eigenvalue weighted by Crippen LogP contribution is -2.37. The Kier molecular flexibility index (Phi) is 8.02. The predicted octanol–water partition coefficient (Wildman–Crippen LogP) is 5.01. The molecule has 0 unspecified atom stereocenters. The molecule has 0 radical (unpaired) electrons. The van der Waals surface area contributed by atoms with Gasteiger partial charge in [0, 0.05) is 30.8 Å². The number of nitrogens with zero attached hydrogens (tertiary/aromatic N) is 3. The summed E-state index contributed by atoms with van der Waals surface area (Å²) in [5.41, 5.74) is 1.99. The minimum absolute atomic E-state index is 0.127. The van der Waals surface area contributed by atoms with Crippen LogP contribution in [0.5, 0.6) is 5.75 Å². The van der Waals surface area contributed by atoms with E-state index in [0.717, 1.165) is 6.42 Å². The summed E-state index contributed by atoms with van der Waals surface area (Å²) >= 11 is 0. The first-order chi connectivity index (χ1) is 17.0. The molecule has 0 N–H and O–H groups in total. The monoisotopic (exact) mass is 481 g/mol. The number of anilines is 1. The van der Waals surface area contributed by atoms with Crippen molar-refractivity contribution in [3.8, 4) is 17.0 Å². The molecule has 0 spiro atoms. The summed E-state index contributed by atoms with van der Waals surface area (Å²) in [6.45, 7) is 7.42. The van der Waals surface area contributed by atoms with E-state index in [4.69, 9.17) is 14.0 Å². The van der Waals surface area contributed by atoms with Crippen molar-refractivity contribution >= 4 is 11.8 Å². The zero-order chi connectivity index (χ0) is 24.8. The third-order valence-electron chi connectivity index (χ3n) is 6.12. The predicted molar refractivity (Wildman–Crippen MR) is 132 cm³/mol. The second-order valence-corrected chi connectivity index (χ2v) is 9.04. The van der Waals surface area contributed by atoms with Crippen LogP contribution < -0.4 is 9.64 Å². The highest BCUT2D eigenvalue weighted by atomic mass is 19.1. The quantitative estimate of drug-likeness (QED) is 0.428. The van der Waals surface area contributed by atoms with Crippen LogP contribution in [0.4, 0.5) is 10.3 Å². The molecular weight excluding hydrogens is 449 g/mol. The zero-order valence-corrected chi connectivity index (χ0v) is 20.5. The van der Waals surface area contributed by atoms with Crippen LogP contribution in [0.3, 0.4) is 0 Å². The van der Waals surface area contributed by atoms with Crippen molar-refractivity contribution in [2.75, 3.05) is 44.9 Å². The number of hydrogen-bond acceptors (Lipinski definition) is 6. The highest BCUT2D eigenvalue weighted by Gasteiger charge is 2.28. The molecule has 1 aromatic heterocycles. The molecule has 2 heterocycles. The average Bonchev–Trinajstić information content (AvgIpc) is 3.30. The molecule has 1 aliphatic heterocycles. The molecule has 1 saturated heterocycles. The fraction of sp³-hybridized carbons (Fsp3) is 0.407. The van der Waals surface area contributed by atoms with E-state index in [1.165, 1.54) is 6.07 Å². The highest BCUT2D eigenvalue weighted by molar-refractivity contribution is 5.94. The first-order valence-electron chi connectivity index (χ1n) is 12.0. The summed E-state index contributed by atoms with van der Waals surface area (Å²) in [5, 5.41) is 4.27. The largest absolute Gasteiger partial charge is 0.497 e. The van der Waals surface area contributed by atoms with Gasteiger partial charge in [-0.3, -0.25) is 4.79 Å². The Hall–Kier alpha value is -3.39. The van der Waals surface area contributed by atoms with Gasteiger partial charge >= 0.3 is 0 Å². The molecule has 0 atom stereocenters. The van der Waals surface area contributed by atoms with Gasteiger partial charge in [0.25, 0.3) is 5.91 Å². The summed E-state index contributed by atoms with van der Waals surface area (Å²) < 4.78 is 31.4. The third kappa shape index (κ3) is 5.82. The van der Waals surface area contributed by atoms with Gasteiger partial charge in [-0.1, -0.05) is 37.2 Å². The lowest BCUT2D eigenvalue weighted by Gasteiger charge is -2.29. The van der Waals surface area contributed by atoms with Gasteiger partial charge in [0.15, 0.2) is 0 Å². The van der Waals surface area contributed by atoms with E-state index in [-0.39, 0.29) is 18.3 Å².